The van der Waals surface area contributed by atoms with Crippen molar-refractivity contribution in [2.24, 2.45) is 0 Å². The molecule has 2 aromatic carbocycles. The Balaban J connectivity index is 2.07. The normalized spacial score (nSPS) is 11.6. The van der Waals surface area contributed by atoms with Crippen LogP contribution < -0.4 is 9.46 Å². The molecule has 0 unspecified atom stereocenters. The summed E-state index contributed by atoms with van der Waals surface area (Å²) in [6.07, 6.45) is 0.0784. The number of halogens is 1. The van der Waals surface area contributed by atoms with Crippen molar-refractivity contribution in [1.29, 1.82) is 0 Å². The zero-order valence-electron chi connectivity index (χ0n) is 12.4. The second kappa shape index (κ2) is 7.26. The van der Waals surface area contributed by atoms with Gasteiger partial charge in [0.05, 0.1) is 11.0 Å². The van der Waals surface area contributed by atoms with E-state index in [1.54, 1.807) is 24.3 Å². The van der Waals surface area contributed by atoms with Crippen LogP contribution in [0.3, 0.4) is 0 Å². The van der Waals surface area contributed by atoms with Crippen molar-refractivity contribution in [3.05, 3.63) is 58.6 Å². The summed E-state index contributed by atoms with van der Waals surface area (Å²) in [6, 6.07) is 13.9. The quantitative estimate of drug-likeness (QED) is 0.826. The molecule has 0 aliphatic carbocycles. The van der Waals surface area contributed by atoms with Crippen molar-refractivity contribution < 1.29 is 13.2 Å². The Kier molecular flexibility index (Phi) is 5.61. The number of hydrogen-bond acceptors (Lipinski definition) is 3. The van der Waals surface area contributed by atoms with Crippen LogP contribution in [-0.4, -0.2) is 14.5 Å². The van der Waals surface area contributed by atoms with Crippen LogP contribution in [0, 0.1) is 0 Å². The van der Waals surface area contributed by atoms with E-state index in [0.29, 0.717) is 0 Å². The maximum atomic E-state index is 12.2. The lowest BCUT2D eigenvalue weighted by Crippen LogP contribution is -2.23. The number of sulfonamides is 1. The van der Waals surface area contributed by atoms with E-state index in [9.17, 15) is 8.42 Å². The van der Waals surface area contributed by atoms with E-state index >= 15 is 0 Å². The largest absolute Gasteiger partial charge is 0.491 e. The molecular weight excluding hydrogens is 366 g/mol. The van der Waals surface area contributed by atoms with Gasteiger partial charge in [-0.3, -0.25) is 0 Å². The fraction of sp³-hybridized carbons (Fsp3) is 0.250. The van der Waals surface area contributed by atoms with Crippen LogP contribution >= 0.6 is 15.9 Å². The van der Waals surface area contributed by atoms with Crippen molar-refractivity contribution in [2.75, 3.05) is 0 Å². The molecule has 0 bridgehead atoms. The van der Waals surface area contributed by atoms with Crippen molar-refractivity contribution in [2.45, 2.75) is 31.4 Å². The SMILES string of the molecule is CC(C)Oc1cccc(CNS(=O)(=O)c2ccc(Br)cc2)c1. The molecule has 0 aliphatic rings. The zero-order valence-corrected chi connectivity index (χ0v) is 14.8. The molecule has 0 amide bonds. The molecule has 0 saturated heterocycles. The lowest BCUT2D eigenvalue weighted by atomic mass is 10.2. The molecule has 2 aromatic rings. The van der Waals surface area contributed by atoms with Crippen LogP contribution in [0.1, 0.15) is 19.4 Å². The first-order valence-corrected chi connectivity index (χ1v) is 9.15. The highest BCUT2D eigenvalue weighted by molar-refractivity contribution is 9.10. The molecule has 0 spiro atoms. The van der Waals surface area contributed by atoms with Gasteiger partial charge in [0.15, 0.2) is 0 Å². The second-order valence-corrected chi connectivity index (χ2v) is 7.78. The van der Waals surface area contributed by atoms with Gasteiger partial charge in [-0.05, 0) is 55.8 Å². The van der Waals surface area contributed by atoms with Crippen LogP contribution in [0.5, 0.6) is 5.75 Å². The third-order valence-corrected chi connectivity index (χ3v) is 4.81. The van der Waals surface area contributed by atoms with Gasteiger partial charge in [-0.2, -0.15) is 0 Å². The number of rotatable bonds is 6. The third kappa shape index (κ3) is 4.83. The summed E-state index contributed by atoms with van der Waals surface area (Å²) in [5.41, 5.74) is 0.846. The molecular formula is C16H18BrNO3S. The average molecular weight is 384 g/mol. The third-order valence-electron chi connectivity index (χ3n) is 2.86. The Morgan fingerprint density at radius 1 is 1.14 bits per heavy atom. The summed E-state index contributed by atoms with van der Waals surface area (Å²) in [5, 5.41) is 0. The summed E-state index contributed by atoms with van der Waals surface area (Å²) in [6.45, 7) is 4.11. The maximum Gasteiger partial charge on any atom is 0.240 e. The Bertz CT molecular complexity index is 727. The van der Waals surface area contributed by atoms with E-state index in [0.717, 1.165) is 15.8 Å². The van der Waals surface area contributed by atoms with Crippen molar-refractivity contribution >= 4 is 26.0 Å². The van der Waals surface area contributed by atoms with Crippen LogP contribution in [-0.2, 0) is 16.6 Å². The topological polar surface area (TPSA) is 55.4 Å². The summed E-state index contributed by atoms with van der Waals surface area (Å²) >= 11 is 3.29. The molecule has 0 atom stereocenters. The Morgan fingerprint density at radius 3 is 2.45 bits per heavy atom. The van der Waals surface area contributed by atoms with Crippen LogP contribution in [0.2, 0.25) is 0 Å². The summed E-state index contributed by atoms with van der Waals surface area (Å²) in [7, 11) is -3.52. The molecule has 0 saturated carbocycles. The van der Waals surface area contributed by atoms with Gasteiger partial charge in [-0.1, -0.05) is 28.1 Å². The summed E-state index contributed by atoms with van der Waals surface area (Å²) < 4.78 is 33.5. The highest BCUT2D eigenvalue weighted by atomic mass is 79.9. The lowest BCUT2D eigenvalue weighted by Gasteiger charge is -2.11. The first-order valence-electron chi connectivity index (χ1n) is 6.87. The predicted octanol–water partition coefficient (Wildman–Crippen LogP) is 3.71. The highest BCUT2D eigenvalue weighted by Gasteiger charge is 2.13. The first-order chi connectivity index (χ1) is 10.4. The van der Waals surface area contributed by atoms with Gasteiger partial charge < -0.3 is 4.74 Å². The second-order valence-electron chi connectivity index (χ2n) is 5.09. The molecule has 0 radical (unpaired) electrons. The number of hydrogen-bond donors (Lipinski definition) is 1. The molecule has 22 heavy (non-hydrogen) atoms. The van der Waals surface area contributed by atoms with Gasteiger partial charge in [-0.15, -0.1) is 0 Å². The smallest absolute Gasteiger partial charge is 0.240 e. The maximum absolute atomic E-state index is 12.2. The van der Waals surface area contributed by atoms with Gasteiger partial charge >= 0.3 is 0 Å². The predicted molar refractivity (Wildman–Crippen MR) is 90.4 cm³/mol. The van der Waals surface area contributed by atoms with E-state index in [1.807, 2.05) is 38.1 Å². The van der Waals surface area contributed by atoms with Gasteiger partial charge in [-0.25, -0.2) is 13.1 Å². The fourth-order valence-electron chi connectivity index (χ4n) is 1.88. The monoisotopic (exact) mass is 383 g/mol. The van der Waals surface area contributed by atoms with Crippen LogP contribution in [0.15, 0.2) is 57.9 Å². The summed E-state index contributed by atoms with van der Waals surface area (Å²) in [4.78, 5) is 0.241. The summed E-state index contributed by atoms with van der Waals surface area (Å²) in [5.74, 6) is 0.732. The minimum absolute atomic E-state index is 0.0784. The lowest BCUT2D eigenvalue weighted by molar-refractivity contribution is 0.242. The number of nitrogens with one attached hydrogen (secondary N) is 1. The van der Waals surface area contributed by atoms with E-state index in [-0.39, 0.29) is 17.5 Å². The Hall–Kier alpha value is -1.37. The molecule has 4 nitrogen and oxygen atoms in total. The van der Waals surface area contributed by atoms with Crippen molar-refractivity contribution in [3.63, 3.8) is 0 Å². The van der Waals surface area contributed by atoms with Crippen molar-refractivity contribution in [3.8, 4) is 5.75 Å². The van der Waals surface area contributed by atoms with Crippen LogP contribution in [0.4, 0.5) is 0 Å². The van der Waals surface area contributed by atoms with Crippen LogP contribution in [0.25, 0.3) is 0 Å². The van der Waals surface area contributed by atoms with Gasteiger partial charge in [0.1, 0.15) is 5.75 Å². The highest BCUT2D eigenvalue weighted by Crippen LogP contribution is 2.17. The van der Waals surface area contributed by atoms with Gasteiger partial charge in [0.25, 0.3) is 0 Å². The van der Waals surface area contributed by atoms with Crippen molar-refractivity contribution in [1.82, 2.24) is 4.72 Å². The molecule has 0 fully saturated rings. The molecule has 0 heterocycles. The first kappa shape index (κ1) is 17.0. The fourth-order valence-corrected chi connectivity index (χ4v) is 3.16. The van der Waals surface area contributed by atoms with E-state index in [4.69, 9.17) is 4.74 Å². The molecule has 6 heteroatoms. The zero-order chi connectivity index (χ0) is 16.2. The molecule has 1 N–H and O–H groups in total. The van der Waals surface area contributed by atoms with E-state index < -0.39 is 10.0 Å². The molecule has 118 valence electrons. The molecule has 2 rings (SSSR count). The standard InChI is InChI=1S/C16H18BrNO3S/c1-12(2)21-15-5-3-4-13(10-15)11-18-22(19,20)16-8-6-14(17)7-9-16/h3-10,12,18H,11H2,1-2H3. The Labute approximate surface area is 139 Å². The van der Waals surface area contributed by atoms with Gasteiger partial charge in [0.2, 0.25) is 10.0 Å². The van der Waals surface area contributed by atoms with E-state index in [1.165, 1.54) is 0 Å². The van der Waals surface area contributed by atoms with Gasteiger partial charge in [0, 0.05) is 11.0 Å². The van der Waals surface area contributed by atoms with E-state index in [2.05, 4.69) is 20.7 Å². The average Bonchev–Trinajstić information content (AvgIpc) is 2.45. The minimum Gasteiger partial charge on any atom is -0.491 e. The number of ether oxygens (including phenoxy) is 1. The Morgan fingerprint density at radius 2 is 1.82 bits per heavy atom. The molecule has 0 aromatic heterocycles. The molecule has 0 aliphatic heterocycles. The minimum atomic E-state index is -3.52. The number of benzene rings is 2.